The summed E-state index contributed by atoms with van der Waals surface area (Å²) < 4.78 is 0. The molecule has 0 amide bonds. The van der Waals surface area contributed by atoms with Crippen LogP contribution in [0.15, 0.2) is 0 Å². The number of hydrogen-bond acceptors (Lipinski definition) is 3. The first-order valence-corrected chi connectivity index (χ1v) is 6.43. The molecule has 2 aliphatic carbocycles. The summed E-state index contributed by atoms with van der Waals surface area (Å²) >= 11 is 0. The van der Waals surface area contributed by atoms with Gasteiger partial charge in [-0.15, -0.1) is 0 Å². The largest absolute Gasteiger partial charge is 0.328 e. The molecule has 3 unspecified atom stereocenters. The molecule has 0 aromatic rings. The maximum Gasteiger partial charge on any atom is 0.0195 e. The quantitative estimate of drug-likeness (QED) is 0.604. The van der Waals surface area contributed by atoms with E-state index in [9.17, 15) is 0 Å². The normalized spacial score (nSPS) is 47.8. The van der Waals surface area contributed by atoms with E-state index < -0.39 is 0 Å². The Labute approximate surface area is 92.8 Å². The lowest BCUT2D eigenvalue weighted by molar-refractivity contribution is 0.165. The molecule has 2 aliphatic rings. The molecule has 0 aromatic carbocycles. The van der Waals surface area contributed by atoms with E-state index in [1.54, 1.807) is 0 Å². The average molecular weight is 211 g/mol. The van der Waals surface area contributed by atoms with Gasteiger partial charge in [-0.3, -0.25) is 0 Å². The van der Waals surface area contributed by atoms with Gasteiger partial charge in [-0.2, -0.15) is 0 Å². The molecule has 88 valence electrons. The van der Waals surface area contributed by atoms with Crippen molar-refractivity contribution in [2.75, 3.05) is 0 Å². The van der Waals surface area contributed by atoms with Crippen molar-refractivity contribution in [3.63, 3.8) is 0 Å². The van der Waals surface area contributed by atoms with Crippen LogP contribution < -0.4 is 17.2 Å². The fourth-order valence-corrected chi connectivity index (χ4v) is 3.31. The first-order chi connectivity index (χ1) is 7.16. The highest BCUT2D eigenvalue weighted by atomic mass is 14.8. The molecule has 3 atom stereocenters. The maximum absolute atomic E-state index is 6.05. The maximum atomic E-state index is 6.05. The Bertz CT molecular complexity index is 199. The van der Waals surface area contributed by atoms with Gasteiger partial charge in [0, 0.05) is 18.1 Å². The summed E-state index contributed by atoms with van der Waals surface area (Å²) in [4.78, 5) is 0. The van der Waals surface area contributed by atoms with Crippen LogP contribution in [-0.4, -0.2) is 18.1 Å². The Hall–Kier alpha value is -0.120. The van der Waals surface area contributed by atoms with Crippen molar-refractivity contribution in [3.05, 3.63) is 0 Å². The highest BCUT2D eigenvalue weighted by molar-refractivity contribution is 4.89. The van der Waals surface area contributed by atoms with Gasteiger partial charge in [-0.1, -0.05) is 0 Å². The number of rotatable bonds is 1. The topological polar surface area (TPSA) is 78.1 Å². The van der Waals surface area contributed by atoms with Crippen LogP contribution in [0.1, 0.15) is 44.9 Å². The van der Waals surface area contributed by atoms with Gasteiger partial charge in [0.05, 0.1) is 0 Å². The molecule has 6 N–H and O–H groups in total. The smallest absolute Gasteiger partial charge is 0.0195 e. The highest BCUT2D eigenvalue weighted by Crippen LogP contribution is 2.37. The highest BCUT2D eigenvalue weighted by Gasteiger charge is 2.32. The zero-order valence-corrected chi connectivity index (χ0v) is 9.57. The van der Waals surface area contributed by atoms with Gasteiger partial charge in [-0.05, 0) is 56.8 Å². The van der Waals surface area contributed by atoms with Crippen molar-refractivity contribution in [2.45, 2.75) is 63.1 Å². The second-order valence-corrected chi connectivity index (χ2v) is 5.58. The lowest BCUT2D eigenvalue weighted by Crippen LogP contribution is -2.47. The monoisotopic (exact) mass is 211 g/mol. The van der Waals surface area contributed by atoms with Crippen LogP contribution in [0, 0.1) is 11.8 Å². The fourth-order valence-electron chi connectivity index (χ4n) is 3.31. The Balaban J connectivity index is 1.84. The van der Waals surface area contributed by atoms with E-state index in [0.717, 1.165) is 24.7 Å². The summed E-state index contributed by atoms with van der Waals surface area (Å²) in [5.74, 6) is 1.70. The minimum absolute atomic E-state index is 0.236. The summed E-state index contributed by atoms with van der Waals surface area (Å²) in [5, 5.41) is 0. The van der Waals surface area contributed by atoms with E-state index in [2.05, 4.69) is 0 Å². The third-order valence-electron chi connectivity index (χ3n) is 4.48. The molecule has 2 fully saturated rings. The summed E-state index contributed by atoms with van der Waals surface area (Å²) in [7, 11) is 0. The van der Waals surface area contributed by atoms with Gasteiger partial charge in [0.15, 0.2) is 0 Å². The second kappa shape index (κ2) is 4.81. The Morgan fingerprint density at radius 1 is 0.600 bits per heavy atom. The average Bonchev–Trinajstić information content (AvgIpc) is 2.23. The van der Waals surface area contributed by atoms with Gasteiger partial charge in [0.1, 0.15) is 0 Å². The van der Waals surface area contributed by atoms with Gasteiger partial charge in [0.25, 0.3) is 0 Å². The van der Waals surface area contributed by atoms with E-state index in [-0.39, 0.29) is 12.1 Å². The molecular weight excluding hydrogens is 186 g/mol. The van der Waals surface area contributed by atoms with Crippen molar-refractivity contribution < 1.29 is 0 Å². The first-order valence-electron chi connectivity index (χ1n) is 6.43. The Morgan fingerprint density at radius 3 is 1.80 bits per heavy atom. The summed E-state index contributed by atoms with van der Waals surface area (Å²) in [5.41, 5.74) is 17.9. The van der Waals surface area contributed by atoms with Crippen molar-refractivity contribution >= 4 is 0 Å². The summed E-state index contributed by atoms with van der Waals surface area (Å²) in [6.07, 6.45) is 8.59. The lowest BCUT2D eigenvalue weighted by Gasteiger charge is -2.39. The van der Waals surface area contributed by atoms with Crippen LogP contribution in [0.3, 0.4) is 0 Å². The fraction of sp³-hybridized carbons (Fsp3) is 1.00. The predicted octanol–water partition coefficient (Wildman–Crippen LogP) is 0.959. The van der Waals surface area contributed by atoms with E-state index in [1.165, 1.54) is 32.1 Å². The molecular formula is C12H25N3. The molecule has 0 bridgehead atoms. The molecule has 0 saturated heterocycles. The predicted molar refractivity (Wildman–Crippen MR) is 63.2 cm³/mol. The van der Waals surface area contributed by atoms with Crippen molar-refractivity contribution in [3.8, 4) is 0 Å². The van der Waals surface area contributed by atoms with E-state index in [0.29, 0.717) is 6.04 Å². The van der Waals surface area contributed by atoms with Crippen LogP contribution in [-0.2, 0) is 0 Å². The number of nitrogens with two attached hydrogens (primary N) is 3. The summed E-state index contributed by atoms with van der Waals surface area (Å²) in [6.45, 7) is 0. The van der Waals surface area contributed by atoms with Crippen LogP contribution >= 0.6 is 0 Å². The number of hydrogen-bond donors (Lipinski definition) is 3. The standard InChI is InChI=1S/C12H25N3/c13-10-4-1-8(2-5-10)9-3-6-11(14)12(15)7-9/h8-12H,1-7,13-15H2. The molecule has 15 heavy (non-hydrogen) atoms. The molecule has 0 spiro atoms. The van der Waals surface area contributed by atoms with Gasteiger partial charge < -0.3 is 17.2 Å². The van der Waals surface area contributed by atoms with Gasteiger partial charge in [0.2, 0.25) is 0 Å². The Morgan fingerprint density at radius 2 is 1.20 bits per heavy atom. The van der Waals surface area contributed by atoms with Crippen molar-refractivity contribution in [1.82, 2.24) is 0 Å². The Kier molecular flexibility index (Phi) is 3.65. The van der Waals surface area contributed by atoms with Crippen LogP contribution in [0.5, 0.6) is 0 Å². The van der Waals surface area contributed by atoms with E-state index >= 15 is 0 Å². The van der Waals surface area contributed by atoms with Crippen LogP contribution in [0.4, 0.5) is 0 Å². The molecule has 3 heteroatoms. The molecule has 0 aromatic heterocycles. The second-order valence-electron chi connectivity index (χ2n) is 5.58. The van der Waals surface area contributed by atoms with Gasteiger partial charge >= 0.3 is 0 Å². The molecule has 0 heterocycles. The third-order valence-corrected chi connectivity index (χ3v) is 4.48. The van der Waals surface area contributed by atoms with Crippen molar-refractivity contribution in [2.24, 2.45) is 29.0 Å². The minimum atomic E-state index is 0.236. The summed E-state index contributed by atoms with van der Waals surface area (Å²) in [6, 6.07) is 0.937. The zero-order chi connectivity index (χ0) is 10.8. The van der Waals surface area contributed by atoms with E-state index in [1.807, 2.05) is 0 Å². The molecule has 0 radical (unpaired) electrons. The molecule has 2 saturated carbocycles. The molecule has 3 nitrogen and oxygen atoms in total. The molecule has 2 rings (SSSR count). The van der Waals surface area contributed by atoms with Crippen LogP contribution in [0.25, 0.3) is 0 Å². The minimum Gasteiger partial charge on any atom is -0.328 e. The van der Waals surface area contributed by atoms with Crippen molar-refractivity contribution in [1.29, 1.82) is 0 Å². The molecule has 0 aliphatic heterocycles. The zero-order valence-electron chi connectivity index (χ0n) is 9.57. The SMILES string of the molecule is NC1CCC(C2CCC(N)C(N)C2)CC1. The third kappa shape index (κ3) is 2.71. The first kappa shape index (κ1) is 11.4. The van der Waals surface area contributed by atoms with Crippen LogP contribution in [0.2, 0.25) is 0 Å². The van der Waals surface area contributed by atoms with Gasteiger partial charge in [-0.25, -0.2) is 0 Å². The van der Waals surface area contributed by atoms with E-state index in [4.69, 9.17) is 17.2 Å². The lowest BCUT2D eigenvalue weighted by atomic mass is 9.70.